The zero-order chi connectivity index (χ0) is 15.7. The molecule has 7 heteroatoms. The van der Waals surface area contributed by atoms with Crippen LogP contribution in [0.15, 0.2) is 48.7 Å². The molecule has 0 aliphatic carbocycles. The molecule has 3 rings (SSSR count). The molecule has 0 aliphatic rings. The maximum atomic E-state index is 12.5. The van der Waals surface area contributed by atoms with E-state index in [0.717, 1.165) is 12.1 Å². The number of halogens is 3. The molecule has 0 atom stereocenters. The summed E-state index contributed by atoms with van der Waals surface area (Å²) >= 11 is 0. The summed E-state index contributed by atoms with van der Waals surface area (Å²) in [6.45, 7) is 0.145. The Kier molecular flexibility index (Phi) is 3.40. The number of benzene rings is 1. The van der Waals surface area contributed by atoms with Gasteiger partial charge in [0.05, 0.1) is 11.3 Å². The van der Waals surface area contributed by atoms with Crippen LogP contribution in [0.3, 0.4) is 0 Å². The molecule has 0 amide bonds. The van der Waals surface area contributed by atoms with E-state index in [2.05, 4.69) is 4.98 Å². The van der Waals surface area contributed by atoms with E-state index in [9.17, 15) is 13.2 Å². The monoisotopic (exact) mass is 307 g/mol. The molecule has 0 unspecified atom stereocenters. The molecule has 0 saturated carbocycles. The summed E-state index contributed by atoms with van der Waals surface area (Å²) in [4.78, 5) is 4.32. The second-order valence-corrected chi connectivity index (χ2v) is 4.72. The third kappa shape index (κ3) is 2.83. The average Bonchev–Trinajstić information content (AvgIpc) is 2.89. The topological polar surface area (TPSA) is 52.5 Å². The smallest absolute Gasteiger partial charge is 0.416 e. The molecule has 0 fully saturated rings. The van der Waals surface area contributed by atoms with E-state index in [4.69, 9.17) is 10.5 Å². The van der Waals surface area contributed by atoms with Crippen molar-refractivity contribution in [3.63, 3.8) is 0 Å². The Hall–Kier alpha value is -2.70. The summed E-state index contributed by atoms with van der Waals surface area (Å²) in [6.07, 6.45) is -2.62. The number of alkyl halides is 3. The van der Waals surface area contributed by atoms with E-state index in [1.54, 1.807) is 28.8 Å². The number of hydrogen-bond donors (Lipinski definition) is 1. The minimum atomic E-state index is -4.35. The van der Waals surface area contributed by atoms with Gasteiger partial charge >= 0.3 is 6.18 Å². The first-order valence-corrected chi connectivity index (χ1v) is 6.46. The Morgan fingerprint density at radius 3 is 2.45 bits per heavy atom. The normalized spacial score (nSPS) is 11.8. The molecule has 2 heterocycles. The molecule has 2 N–H and O–H groups in total. The standard InChI is InChI=1S/C15H12F3N3O/c16-15(17,18)10-4-6-12(7-5-10)22-9-11-8-21-13(19)2-1-3-14(21)20-11/h1-8H,9,19H2. The second kappa shape index (κ2) is 5.25. The fourth-order valence-corrected chi connectivity index (χ4v) is 2.05. The molecule has 22 heavy (non-hydrogen) atoms. The van der Waals surface area contributed by atoms with Crippen molar-refractivity contribution in [1.82, 2.24) is 9.38 Å². The SMILES string of the molecule is Nc1cccc2nc(COc3ccc(C(F)(F)F)cc3)cn12. The van der Waals surface area contributed by atoms with Gasteiger partial charge in [-0.2, -0.15) is 13.2 Å². The van der Waals surface area contributed by atoms with Crippen LogP contribution in [0.5, 0.6) is 5.75 Å². The van der Waals surface area contributed by atoms with Crippen LogP contribution in [0, 0.1) is 0 Å². The molecule has 2 aromatic heterocycles. The quantitative estimate of drug-likeness (QED) is 0.805. The van der Waals surface area contributed by atoms with Gasteiger partial charge in [-0.25, -0.2) is 4.98 Å². The summed E-state index contributed by atoms with van der Waals surface area (Å²) in [5.41, 5.74) is 6.42. The fraction of sp³-hybridized carbons (Fsp3) is 0.133. The second-order valence-electron chi connectivity index (χ2n) is 4.72. The highest BCUT2D eigenvalue weighted by molar-refractivity contribution is 5.48. The van der Waals surface area contributed by atoms with E-state index >= 15 is 0 Å². The highest BCUT2D eigenvalue weighted by Crippen LogP contribution is 2.30. The van der Waals surface area contributed by atoms with Crippen LogP contribution in [0.4, 0.5) is 19.0 Å². The summed E-state index contributed by atoms with van der Waals surface area (Å²) in [6, 6.07) is 9.87. The highest BCUT2D eigenvalue weighted by atomic mass is 19.4. The van der Waals surface area contributed by atoms with Gasteiger partial charge in [0.15, 0.2) is 0 Å². The Morgan fingerprint density at radius 2 is 1.82 bits per heavy atom. The van der Waals surface area contributed by atoms with E-state index < -0.39 is 11.7 Å². The first-order chi connectivity index (χ1) is 10.4. The summed E-state index contributed by atoms with van der Waals surface area (Å²) < 4.78 is 44.5. The molecule has 1 aromatic carbocycles. The van der Waals surface area contributed by atoms with Gasteiger partial charge < -0.3 is 10.5 Å². The van der Waals surface area contributed by atoms with Crippen molar-refractivity contribution in [2.75, 3.05) is 5.73 Å². The van der Waals surface area contributed by atoms with Crippen molar-refractivity contribution >= 4 is 11.5 Å². The molecule has 0 saturated heterocycles. The molecule has 0 bridgehead atoms. The van der Waals surface area contributed by atoms with E-state index in [0.29, 0.717) is 22.9 Å². The minimum Gasteiger partial charge on any atom is -0.487 e. The van der Waals surface area contributed by atoms with Crippen LogP contribution < -0.4 is 10.5 Å². The van der Waals surface area contributed by atoms with Gasteiger partial charge in [-0.05, 0) is 36.4 Å². The van der Waals surface area contributed by atoms with Gasteiger partial charge in [-0.15, -0.1) is 0 Å². The number of rotatable bonds is 3. The zero-order valence-corrected chi connectivity index (χ0v) is 11.3. The lowest BCUT2D eigenvalue weighted by Gasteiger charge is -2.08. The lowest BCUT2D eigenvalue weighted by Crippen LogP contribution is -2.04. The highest BCUT2D eigenvalue weighted by Gasteiger charge is 2.30. The van der Waals surface area contributed by atoms with Crippen LogP contribution in [0.25, 0.3) is 5.65 Å². The molecule has 0 aliphatic heterocycles. The zero-order valence-electron chi connectivity index (χ0n) is 11.3. The third-order valence-electron chi connectivity index (χ3n) is 3.14. The molecule has 3 aromatic rings. The number of aromatic nitrogens is 2. The van der Waals surface area contributed by atoms with Crippen molar-refractivity contribution in [2.24, 2.45) is 0 Å². The van der Waals surface area contributed by atoms with Gasteiger partial charge in [-0.1, -0.05) is 6.07 Å². The van der Waals surface area contributed by atoms with Crippen LogP contribution in [-0.2, 0) is 12.8 Å². The number of nitrogens with zero attached hydrogens (tertiary/aromatic N) is 2. The van der Waals surface area contributed by atoms with Crippen LogP contribution in [-0.4, -0.2) is 9.38 Å². The third-order valence-corrected chi connectivity index (χ3v) is 3.14. The minimum absolute atomic E-state index is 0.145. The molecule has 0 radical (unpaired) electrons. The summed E-state index contributed by atoms with van der Waals surface area (Å²) in [7, 11) is 0. The van der Waals surface area contributed by atoms with E-state index in [1.807, 2.05) is 0 Å². The molecule has 0 spiro atoms. The molecule has 114 valence electrons. The molecule has 4 nitrogen and oxygen atoms in total. The number of anilines is 1. The molecular weight excluding hydrogens is 295 g/mol. The predicted octanol–water partition coefficient (Wildman–Crippen LogP) is 3.51. The van der Waals surface area contributed by atoms with Crippen molar-refractivity contribution in [3.8, 4) is 5.75 Å². The van der Waals surface area contributed by atoms with Gasteiger partial charge in [0.25, 0.3) is 0 Å². The fourth-order valence-electron chi connectivity index (χ4n) is 2.05. The van der Waals surface area contributed by atoms with Gasteiger partial charge in [0, 0.05) is 6.20 Å². The largest absolute Gasteiger partial charge is 0.487 e. The maximum absolute atomic E-state index is 12.5. The Labute approximate surface area is 124 Å². The van der Waals surface area contributed by atoms with Crippen LogP contribution >= 0.6 is 0 Å². The van der Waals surface area contributed by atoms with E-state index in [-0.39, 0.29) is 6.61 Å². The number of ether oxygens (including phenoxy) is 1. The lowest BCUT2D eigenvalue weighted by atomic mass is 10.2. The Bertz CT molecular complexity index is 794. The Balaban J connectivity index is 1.72. The predicted molar refractivity (Wildman–Crippen MR) is 75.4 cm³/mol. The maximum Gasteiger partial charge on any atom is 0.416 e. The average molecular weight is 307 g/mol. The number of nitrogens with two attached hydrogens (primary N) is 1. The van der Waals surface area contributed by atoms with Crippen molar-refractivity contribution in [3.05, 3.63) is 59.9 Å². The lowest BCUT2D eigenvalue weighted by molar-refractivity contribution is -0.137. The first kappa shape index (κ1) is 14.2. The van der Waals surface area contributed by atoms with E-state index in [1.165, 1.54) is 12.1 Å². The van der Waals surface area contributed by atoms with Crippen molar-refractivity contribution in [1.29, 1.82) is 0 Å². The first-order valence-electron chi connectivity index (χ1n) is 6.46. The van der Waals surface area contributed by atoms with Crippen molar-refractivity contribution in [2.45, 2.75) is 12.8 Å². The number of nitrogen functional groups attached to an aromatic ring is 1. The summed E-state index contributed by atoms with van der Waals surface area (Å²) in [5.74, 6) is 0.892. The number of imidazole rings is 1. The number of fused-ring (bicyclic) bond motifs is 1. The molecular formula is C15H12F3N3O. The van der Waals surface area contributed by atoms with Gasteiger partial charge in [0.2, 0.25) is 0 Å². The summed E-state index contributed by atoms with van der Waals surface area (Å²) in [5, 5.41) is 0. The van der Waals surface area contributed by atoms with Gasteiger partial charge in [-0.3, -0.25) is 4.40 Å². The Morgan fingerprint density at radius 1 is 1.09 bits per heavy atom. The van der Waals surface area contributed by atoms with Crippen LogP contribution in [0.1, 0.15) is 11.3 Å². The number of hydrogen-bond acceptors (Lipinski definition) is 3. The van der Waals surface area contributed by atoms with Crippen molar-refractivity contribution < 1.29 is 17.9 Å². The van der Waals surface area contributed by atoms with Gasteiger partial charge in [0.1, 0.15) is 23.8 Å². The van der Waals surface area contributed by atoms with Crippen LogP contribution in [0.2, 0.25) is 0 Å². The number of pyridine rings is 1.